The van der Waals surface area contributed by atoms with E-state index >= 15 is 0 Å². The predicted octanol–water partition coefficient (Wildman–Crippen LogP) is 3.10. The molecule has 1 aliphatic heterocycles. The molecule has 4 rings (SSSR count). The zero-order chi connectivity index (χ0) is 19.0. The maximum absolute atomic E-state index is 12.9. The van der Waals surface area contributed by atoms with Crippen molar-refractivity contribution >= 4 is 26.7 Å². The fourth-order valence-corrected chi connectivity index (χ4v) is 5.05. The molecule has 0 bridgehead atoms. The second-order valence-electron chi connectivity index (χ2n) is 6.99. The largest absolute Gasteiger partial charge is 0.369 e. The van der Waals surface area contributed by atoms with Crippen LogP contribution >= 0.6 is 0 Å². The quantitative estimate of drug-likeness (QED) is 0.690. The summed E-state index contributed by atoms with van der Waals surface area (Å²) in [5.74, 6) is -0.131. The highest BCUT2D eigenvalue weighted by Crippen LogP contribution is 2.26. The molecule has 0 atom stereocenters. The van der Waals surface area contributed by atoms with Crippen LogP contribution < -0.4 is 4.90 Å². The molecule has 0 amide bonds. The van der Waals surface area contributed by atoms with Gasteiger partial charge in [-0.05, 0) is 43.2 Å². The lowest BCUT2D eigenvalue weighted by molar-refractivity contribution is 0.382. The number of anilines is 1. The zero-order valence-corrected chi connectivity index (χ0v) is 16.4. The first-order valence-corrected chi connectivity index (χ1v) is 10.7. The summed E-state index contributed by atoms with van der Waals surface area (Å²) in [6, 6.07) is 13.6. The van der Waals surface area contributed by atoms with Gasteiger partial charge in [0.15, 0.2) is 5.58 Å². The third-order valence-electron chi connectivity index (χ3n) is 5.32. The van der Waals surface area contributed by atoms with Crippen molar-refractivity contribution in [1.82, 2.24) is 9.46 Å². The number of rotatable bonds is 4. The smallest absolute Gasteiger partial charge is 0.220 e. The molecule has 0 unspecified atom stereocenters. The lowest BCUT2D eigenvalue weighted by Crippen LogP contribution is -2.49. The number of nitrogens with zero attached hydrogens (tertiary/aromatic N) is 3. The molecular formula is C20H23N3O3S. The number of para-hydroxylation sites is 1. The SMILES string of the molecule is Cc1cccc(N2CCN(S(=O)(=O)Cc3noc4ccccc34)CC2)c1C. The van der Waals surface area contributed by atoms with Crippen molar-refractivity contribution in [3.63, 3.8) is 0 Å². The Kier molecular flexibility index (Phi) is 4.65. The van der Waals surface area contributed by atoms with Crippen molar-refractivity contribution in [2.45, 2.75) is 19.6 Å². The van der Waals surface area contributed by atoms with Crippen molar-refractivity contribution < 1.29 is 12.9 Å². The topological polar surface area (TPSA) is 66.7 Å². The van der Waals surface area contributed by atoms with Crippen LogP contribution in [0.4, 0.5) is 5.69 Å². The van der Waals surface area contributed by atoms with Crippen LogP contribution in [0, 0.1) is 13.8 Å². The molecule has 142 valence electrons. The summed E-state index contributed by atoms with van der Waals surface area (Å²) in [7, 11) is -3.44. The average molecular weight is 385 g/mol. The summed E-state index contributed by atoms with van der Waals surface area (Å²) < 4.78 is 32.6. The Labute approximate surface area is 159 Å². The number of aryl methyl sites for hydroxylation is 1. The van der Waals surface area contributed by atoms with Gasteiger partial charge in [0, 0.05) is 37.3 Å². The molecule has 0 radical (unpaired) electrons. The maximum Gasteiger partial charge on any atom is 0.220 e. The summed E-state index contributed by atoms with van der Waals surface area (Å²) in [4.78, 5) is 2.26. The fraction of sp³-hybridized carbons (Fsp3) is 0.350. The molecule has 0 spiro atoms. The highest BCUT2D eigenvalue weighted by molar-refractivity contribution is 7.88. The van der Waals surface area contributed by atoms with Crippen molar-refractivity contribution in [1.29, 1.82) is 0 Å². The second-order valence-corrected chi connectivity index (χ2v) is 8.96. The van der Waals surface area contributed by atoms with Gasteiger partial charge in [-0.15, -0.1) is 0 Å². The van der Waals surface area contributed by atoms with E-state index in [0.29, 0.717) is 37.5 Å². The number of aromatic nitrogens is 1. The molecule has 0 N–H and O–H groups in total. The van der Waals surface area contributed by atoms with E-state index in [1.165, 1.54) is 16.8 Å². The van der Waals surface area contributed by atoms with Gasteiger partial charge in [-0.3, -0.25) is 0 Å². The molecule has 2 aromatic carbocycles. The molecule has 3 aromatic rings. The molecule has 0 saturated carbocycles. The number of hydrogen-bond acceptors (Lipinski definition) is 5. The van der Waals surface area contributed by atoms with Crippen LogP contribution in [0.25, 0.3) is 11.0 Å². The standard InChI is InChI=1S/C20H23N3O3S/c1-15-6-5-8-19(16(15)2)22-10-12-23(13-11-22)27(24,25)14-18-17-7-3-4-9-20(17)26-21-18/h3-9H,10-14H2,1-2H3. The van der Waals surface area contributed by atoms with Gasteiger partial charge >= 0.3 is 0 Å². The molecule has 7 heteroatoms. The Hall–Kier alpha value is -2.38. The highest BCUT2D eigenvalue weighted by Gasteiger charge is 2.29. The van der Waals surface area contributed by atoms with E-state index in [1.807, 2.05) is 18.2 Å². The Morgan fingerprint density at radius 2 is 1.74 bits per heavy atom. The van der Waals surface area contributed by atoms with Crippen LogP contribution in [0.5, 0.6) is 0 Å². The minimum absolute atomic E-state index is 0.131. The van der Waals surface area contributed by atoms with Crippen LogP contribution in [-0.2, 0) is 15.8 Å². The molecule has 1 aromatic heterocycles. The van der Waals surface area contributed by atoms with Gasteiger partial charge in [-0.2, -0.15) is 4.31 Å². The van der Waals surface area contributed by atoms with Gasteiger partial charge in [-0.25, -0.2) is 8.42 Å². The predicted molar refractivity (Wildman–Crippen MR) is 106 cm³/mol. The minimum atomic E-state index is -3.44. The van der Waals surface area contributed by atoms with E-state index in [4.69, 9.17) is 4.52 Å². The van der Waals surface area contributed by atoms with E-state index in [0.717, 1.165) is 5.39 Å². The van der Waals surface area contributed by atoms with Crippen molar-refractivity contribution in [3.05, 3.63) is 59.3 Å². The number of piperazine rings is 1. The lowest BCUT2D eigenvalue weighted by Gasteiger charge is -2.36. The highest BCUT2D eigenvalue weighted by atomic mass is 32.2. The average Bonchev–Trinajstić information content (AvgIpc) is 3.07. The van der Waals surface area contributed by atoms with Crippen LogP contribution in [0.1, 0.15) is 16.8 Å². The summed E-state index contributed by atoms with van der Waals surface area (Å²) >= 11 is 0. The normalized spacial score (nSPS) is 16.1. The third kappa shape index (κ3) is 3.44. The van der Waals surface area contributed by atoms with Crippen LogP contribution in [0.2, 0.25) is 0 Å². The fourth-order valence-electron chi connectivity index (χ4n) is 3.59. The zero-order valence-electron chi connectivity index (χ0n) is 15.6. The van der Waals surface area contributed by atoms with Gasteiger partial charge < -0.3 is 9.42 Å². The summed E-state index contributed by atoms with van der Waals surface area (Å²) in [6.07, 6.45) is 0. The molecular weight excluding hydrogens is 362 g/mol. The number of fused-ring (bicyclic) bond motifs is 1. The summed E-state index contributed by atoms with van der Waals surface area (Å²) in [5, 5.41) is 4.73. The Morgan fingerprint density at radius 3 is 2.52 bits per heavy atom. The number of hydrogen-bond donors (Lipinski definition) is 0. The molecule has 1 saturated heterocycles. The molecule has 6 nitrogen and oxygen atoms in total. The van der Waals surface area contributed by atoms with Gasteiger partial charge in [-0.1, -0.05) is 29.4 Å². The van der Waals surface area contributed by atoms with Gasteiger partial charge in [0.25, 0.3) is 0 Å². The first kappa shape index (κ1) is 18.0. The van der Waals surface area contributed by atoms with E-state index in [9.17, 15) is 8.42 Å². The van der Waals surface area contributed by atoms with Crippen molar-refractivity contribution in [3.8, 4) is 0 Å². The molecule has 1 fully saturated rings. The Morgan fingerprint density at radius 1 is 1.00 bits per heavy atom. The van der Waals surface area contributed by atoms with E-state index < -0.39 is 10.0 Å². The Bertz CT molecular complexity index is 1070. The number of benzene rings is 2. The first-order valence-electron chi connectivity index (χ1n) is 9.08. The van der Waals surface area contributed by atoms with Crippen LogP contribution in [0.15, 0.2) is 47.0 Å². The lowest BCUT2D eigenvalue weighted by atomic mass is 10.1. The van der Waals surface area contributed by atoms with E-state index in [1.54, 1.807) is 10.4 Å². The van der Waals surface area contributed by atoms with Crippen LogP contribution in [0.3, 0.4) is 0 Å². The minimum Gasteiger partial charge on any atom is -0.369 e. The monoisotopic (exact) mass is 385 g/mol. The third-order valence-corrected chi connectivity index (χ3v) is 7.11. The van der Waals surface area contributed by atoms with E-state index in [2.05, 4.69) is 42.1 Å². The maximum atomic E-state index is 12.9. The number of sulfonamides is 1. The van der Waals surface area contributed by atoms with Crippen LogP contribution in [-0.4, -0.2) is 44.1 Å². The summed E-state index contributed by atoms with van der Waals surface area (Å²) in [5.41, 5.74) is 4.78. The van der Waals surface area contributed by atoms with E-state index in [-0.39, 0.29) is 5.75 Å². The van der Waals surface area contributed by atoms with Gasteiger partial charge in [0.1, 0.15) is 11.4 Å². The van der Waals surface area contributed by atoms with Gasteiger partial charge in [0.05, 0.1) is 0 Å². The Balaban J connectivity index is 1.48. The van der Waals surface area contributed by atoms with Crippen molar-refractivity contribution in [2.75, 3.05) is 31.1 Å². The second kappa shape index (κ2) is 6.98. The molecule has 2 heterocycles. The van der Waals surface area contributed by atoms with Crippen molar-refractivity contribution in [2.24, 2.45) is 0 Å². The molecule has 1 aliphatic rings. The molecule has 0 aliphatic carbocycles. The first-order chi connectivity index (χ1) is 13.0. The molecule has 27 heavy (non-hydrogen) atoms. The van der Waals surface area contributed by atoms with Gasteiger partial charge in [0.2, 0.25) is 10.0 Å². The summed E-state index contributed by atoms with van der Waals surface area (Å²) in [6.45, 7) is 6.54.